The first kappa shape index (κ1) is 22.7. The van der Waals surface area contributed by atoms with Gasteiger partial charge in [-0.05, 0) is 48.7 Å². The van der Waals surface area contributed by atoms with Gasteiger partial charge >= 0.3 is 12.1 Å². The summed E-state index contributed by atoms with van der Waals surface area (Å²) in [5.41, 5.74) is 0.302. The number of hydrogen-bond donors (Lipinski definition) is 1. The smallest absolute Gasteiger partial charge is 0.412 e. The number of carbonyl (C=O) groups excluding carboxylic acids is 2. The Hall–Kier alpha value is -4.00. The van der Waals surface area contributed by atoms with Crippen LogP contribution < -0.4 is 19.5 Å². The highest BCUT2D eigenvalue weighted by atomic mass is 16.6. The first-order chi connectivity index (χ1) is 15.5. The highest BCUT2D eigenvalue weighted by Crippen LogP contribution is 2.29. The molecular formula is C25H25NO6. The van der Waals surface area contributed by atoms with Crippen LogP contribution in [0.15, 0.2) is 78.9 Å². The topological polar surface area (TPSA) is 83.1 Å². The molecule has 3 rings (SSSR count). The Bertz CT molecular complexity index is 1080. The van der Waals surface area contributed by atoms with E-state index in [0.29, 0.717) is 24.5 Å². The average molecular weight is 435 g/mol. The lowest BCUT2D eigenvalue weighted by Gasteiger charge is -2.12. The van der Waals surface area contributed by atoms with E-state index in [-0.39, 0.29) is 13.2 Å². The zero-order valence-electron chi connectivity index (χ0n) is 17.8. The van der Waals surface area contributed by atoms with Crippen LogP contribution in [0.1, 0.15) is 6.92 Å². The second-order valence-electron chi connectivity index (χ2n) is 6.88. The predicted molar refractivity (Wildman–Crippen MR) is 121 cm³/mol. The number of ether oxygens (including phenoxy) is 4. The molecule has 3 aromatic rings. The molecule has 0 spiro atoms. The third kappa shape index (κ3) is 6.77. The summed E-state index contributed by atoms with van der Waals surface area (Å²) in [6.07, 6.45) is -0.638. The molecule has 0 aliphatic carbocycles. The van der Waals surface area contributed by atoms with E-state index >= 15 is 0 Å². The van der Waals surface area contributed by atoms with Gasteiger partial charge in [0.15, 0.2) is 0 Å². The summed E-state index contributed by atoms with van der Waals surface area (Å²) in [5, 5.41) is 4.29. The van der Waals surface area contributed by atoms with E-state index in [1.54, 1.807) is 19.1 Å². The van der Waals surface area contributed by atoms with Crippen molar-refractivity contribution in [3.05, 3.63) is 78.9 Å². The maximum atomic E-state index is 12.0. The van der Waals surface area contributed by atoms with Gasteiger partial charge in [-0.25, -0.2) is 9.59 Å². The molecule has 166 valence electrons. The first-order valence-corrected chi connectivity index (χ1v) is 10.1. The molecule has 7 nitrogen and oxygen atoms in total. The molecule has 0 bridgehead atoms. The zero-order valence-corrected chi connectivity index (χ0v) is 17.8. The largest absolute Gasteiger partial charge is 0.490 e. The average Bonchev–Trinajstić information content (AvgIpc) is 2.80. The van der Waals surface area contributed by atoms with E-state index in [4.69, 9.17) is 18.9 Å². The number of hydrogen-bond acceptors (Lipinski definition) is 6. The van der Waals surface area contributed by atoms with Crippen LogP contribution >= 0.6 is 0 Å². The molecule has 3 aromatic carbocycles. The monoisotopic (exact) mass is 435 g/mol. The second-order valence-corrected chi connectivity index (χ2v) is 6.88. The number of esters is 1. The maximum absolute atomic E-state index is 12.0. The molecule has 0 heterocycles. The van der Waals surface area contributed by atoms with Crippen LogP contribution in [-0.4, -0.2) is 38.4 Å². The summed E-state index contributed by atoms with van der Waals surface area (Å²) < 4.78 is 21.7. The van der Waals surface area contributed by atoms with Crippen LogP contribution in [0.4, 0.5) is 4.79 Å². The van der Waals surface area contributed by atoms with E-state index in [1.165, 1.54) is 0 Å². The summed E-state index contributed by atoms with van der Waals surface area (Å²) in [6.45, 7) is 6.02. The maximum Gasteiger partial charge on any atom is 0.412 e. The van der Waals surface area contributed by atoms with Crippen molar-refractivity contribution < 1.29 is 28.5 Å². The van der Waals surface area contributed by atoms with E-state index in [2.05, 4.69) is 11.9 Å². The summed E-state index contributed by atoms with van der Waals surface area (Å²) >= 11 is 0. The summed E-state index contributed by atoms with van der Waals surface area (Å²) in [7, 11) is 0. The number of para-hydroxylation sites is 1. The molecule has 0 aromatic heterocycles. The zero-order chi connectivity index (χ0) is 22.8. The number of carbonyl (C=O) groups is 2. The quantitative estimate of drug-likeness (QED) is 0.287. The van der Waals surface area contributed by atoms with Gasteiger partial charge in [-0.3, -0.25) is 0 Å². The third-order valence-corrected chi connectivity index (χ3v) is 4.33. The van der Waals surface area contributed by atoms with Crippen LogP contribution in [0, 0.1) is 0 Å². The molecule has 0 fully saturated rings. The van der Waals surface area contributed by atoms with Gasteiger partial charge < -0.3 is 24.3 Å². The van der Waals surface area contributed by atoms with Crippen LogP contribution in [0.5, 0.6) is 17.2 Å². The van der Waals surface area contributed by atoms with Crippen LogP contribution in [0.2, 0.25) is 0 Å². The van der Waals surface area contributed by atoms with Crippen molar-refractivity contribution in [2.45, 2.75) is 6.92 Å². The molecule has 0 saturated heterocycles. The molecular weight excluding hydrogens is 410 g/mol. The molecule has 0 radical (unpaired) electrons. The van der Waals surface area contributed by atoms with Crippen molar-refractivity contribution in [2.24, 2.45) is 0 Å². The first-order valence-electron chi connectivity index (χ1n) is 10.1. The molecule has 32 heavy (non-hydrogen) atoms. The minimum atomic E-state index is -0.638. The summed E-state index contributed by atoms with van der Waals surface area (Å²) in [6, 6.07) is 20.5. The fourth-order valence-electron chi connectivity index (χ4n) is 2.81. The molecule has 0 saturated carbocycles. The van der Waals surface area contributed by atoms with E-state index in [1.807, 2.05) is 54.6 Å². The van der Waals surface area contributed by atoms with Crippen molar-refractivity contribution >= 4 is 22.8 Å². The Labute approximate surface area is 186 Å². The summed E-state index contributed by atoms with van der Waals surface area (Å²) in [5.74, 6) is 1.40. The van der Waals surface area contributed by atoms with Crippen LogP contribution in [0.25, 0.3) is 10.8 Å². The second kappa shape index (κ2) is 11.4. The highest BCUT2D eigenvalue weighted by Gasteiger charge is 2.08. The Morgan fingerprint density at radius 1 is 0.875 bits per heavy atom. The fraction of sp³-hybridized carbons (Fsp3) is 0.200. The lowest BCUT2D eigenvalue weighted by Crippen LogP contribution is -2.30. The van der Waals surface area contributed by atoms with Crippen molar-refractivity contribution in [1.29, 1.82) is 0 Å². The Morgan fingerprint density at radius 3 is 2.44 bits per heavy atom. The molecule has 7 heteroatoms. The Balaban J connectivity index is 1.49. The predicted octanol–water partition coefficient (Wildman–Crippen LogP) is 4.51. The third-order valence-electron chi connectivity index (χ3n) is 4.33. The Kier molecular flexibility index (Phi) is 8.09. The van der Waals surface area contributed by atoms with Gasteiger partial charge in [-0.1, -0.05) is 36.9 Å². The van der Waals surface area contributed by atoms with Gasteiger partial charge in [0.1, 0.15) is 37.1 Å². The lowest BCUT2D eigenvalue weighted by atomic mass is 10.1. The number of nitrogens with one attached hydrogen (secondary N) is 1. The number of rotatable bonds is 10. The molecule has 1 amide bonds. The Morgan fingerprint density at radius 2 is 1.66 bits per heavy atom. The van der Waals surface area contributed by atoms with Gasteiger partial charge in [0.05, 0.1) is 6.54 Å². The molecule has 0 aliphatic rings. The van der Waals surface area contributed by atoms with Gasteiger partial charge in [0, 0.05) is 11.0 Å². The van der Waals surface area contributed by atoms with Crippen LogP contribution in [0.3, 0.4) is 0 Å². The van der Waals surface area contributed by atoms with E-state index in [0.717, 1.165) is 22.3 Å². The SMILES string of the molecule is C=C(C)C(=O)OCCNC(=O)Oc1ccc2c(OCCOc3ccccc3)cccc2c1. The van der Waals surface area contributed by atoms with Gasteiger partial charge in [-0.2, -0.15) is 0 Å². The van der Waals surface area contributed by atoms with Crippen molar-refractivity contribution in [2.75, 3.05) is 26.4 Å². The van der Waals surface area contributed by atoms with Crippen molar-refractivity contribution in [3.63, 3.8) is 0 Å². The highest BCUT2D eigenvalue weighted by molar-refractivity contribution is 5.90. The van der Waals surface area contributed by atoms with Gasteiger partial charge in [0.25, 0.3) is 0 Å². The van der Waals surface area contributed by atoms with Crippen molar-refractivity contribution in [3.8, 4) is 17.2 Å². The number of benzene rings is 3. The summed E-state index contributed by atoms with van der Waals surface area (Å²) in [4.78, 5) is 23.3. The minimum absolute atomic E-state index is 0.0349. The van der Waals surface area contributed by atoms with Crippen molar-refractivity contribution in [1.82, 2.24) is 5.32 Å². The van der Waals surface area contributed by atoms with E-state index in [9.17, 15) is 9.59 Å². The van der Waals surface area contributed by atoms with E-state index < -0.39 is 12.1 Å². The molecule has 0 aliphatic heterocycles. The molecule has 0 atom stereocenters. The van der Waals surface area contributed by atoms with Gasteiger partial charge in [0.2, 0.25) is 0 Å². The number of amides is 1. The number of fused-ring (bicyclic) bond motifs is 1. The molecule has 1 N–H and O–H groups in total. The van der Waals surface area contributed by atoms with Gasteiger partial charge in [-0.15, -0.1) is 0 Å². The van der Waals surface area contributed by atoms with Crippen LogP contribution in [-0.2, 0) is 9.53 Å². The normalized spacial score (nSPS) is 10.3. The standard InChI is InChI=1S/C25H25NO6/c1-18(2)24(27)31-14-13-26-25(28)32-21-11-12-22-19(17-21)7-6-10-23(22)30-16-15-29-20-8-4-3-5-9-20/h3-12,17H,1,13-16H2,2H3,(H,26,28). The minimum Gasteiger partial charge on any atom is -0.490 e. The lowest BCUT2D eigenvalue weighted by molar-refractivity contribution is -0.138. The molecule has 0 unspecified atom stereocenters. The fourth-order valence-corrected chi connectivity index (χ4v) is 2.81.